The fourth-order valence-corrected chi connectivity index (χ4v) is 3.34. The molecule has 0 aliphatic heterocycles. The first kappa shape index (κ1) is 40.3. The molecule has 1 aromatic carbocycles. The summed E-state index contributed by atoms with van der Waals surface area (Å²) in [6.45, 7) is 38.2. The van der Waals surface area contributed by atoms with Crippen LogP contribution in [0.25, 0.3) is 16.0 Å². The Kier molecular flexibility index (Phi) is 19.5. The minimum Gasteiger partial charge on any atom is -0.653 e. The Morgan fingerprint density at radius 2 is 0.515 bits per heavy atom. The van der Waals surface area contributed by atoms with Gasteiger partial charge in [0.15, 0.2) is 0 Å². The second-order valence-corrected chi connectivity index (χ2v) is 14.3. The van der Waals surface area contributed by atoms with Gasteiger partial charge < -0.3 is 16.0 Å². The quantitative estimate of drug-likeness (QED) is 0.294. The van der Waals surface area contributed by atoms with Gasteiger partial charge in [-0.15, -0.1) is 33.2 Å². The van der Waals surface area contributed by atoms with Crippen molar-refractivity contribution in [3.05, 3.63) is 46.3 Å². The molecule has 1 aromatic rings. The number of hydrogen-bond acceptors (Lipinski definition) is 0. The normalized spacial score (nSPS) is 12.7. The number of nitrogens with zero attached hydrogens (tertiary/aromatic N) is 3. The first-order valence-corrected chi connectivity index (χ1v) is 12.0. The molecule has 0 amide bonds. The molecule has 1 rings (SSSR count). The van der Waals surface area contributed by atoms with Crippen LogP contribution < -0.4 is 0 Å². The molecular weight excluding hydrogens is 482 g/mol. The monoisotopic (exact) mass is 539 g/mol. The van der Waals surface area contributed by atoms with E-state index in [1.165, 1.54) is 0 Å². The maximum absolute atomic E-state index is 4.54. The summed E-state index contributed by atoms with van der Waals surface area (Å²) in [6.07, 6.45) is 0. The Balaban J connectivity index is -0.000000171. The Hall–Kier alpha value is 0.113. The van der Waals surface area contributed by atoms with Crippen LogP contribution >= 0.6 is 0 Å². The van der Waals surface area contributed by atoms with Crippen LogP contribution in [-0.4, -0.2) is 33.2 Å². The fourth-order valence-electron chi connectivity index (χ4n) is 3.34. The van der Waals surface area contributed by atoms with Crippen molar-refractivity contribution in [2.75, 3.05) is 0 Å². The summed E-state index contributed by atoms with van der Waals surface area (Å²) in [7, 11) is 0. The Morgan fingerprint density at radius 3 is 0.545 bits per heavy atom. The van der Waals surface area contributed by atoms with E-state index in [1.54, 1.807) is 0 Å². The van der Waals surface area contributed by atoms with Crippen LogP contribution in [0.3, 0.4) is 0 Å². The summed E-state index contributed by atoms with van der Waals surface area (Å²) in [5.41, 5.74) is 0.656. The van der Waals surface area contributed by atoms with E-state index < -0.39 is 0 Å². The van der Waals surface area contributed by atoms with Crippen molar-refractivity contribution in [1.82, 2.24) is 0 Å². The third kappa shape index (κ3) is 54.5. The van der Waals surface area contributed by atoms with Gasteiger partial charge in [0.05, 0.1) is 0 Å². The molecule has 0 aromatic heterocycles. The van der Waals surface area contributed by atoms with Gasteiger partial charge >= 0.3 is 26.2 Å². The van der Waals surface area contributed by atoms with Crippen molar-refractivity contribution in [2.45, 2.75) is 158 Å². The maximum Gasteiger partial charge on any atom is 4.00 e. The van der Waals surface area contributed by atoms with Crippen molar-refractivity contribution < 1.29 is 26.2 Å². The van der Waals surface area contributed by atoms with Gasteiger partial charge in [-0.3, -0.25) is 0 Å². The molecule has 0 bridgehead atoms. The van der Waals surface area contributed by atoms with Gasteiger partial charge in [-0.2, -0.15) is 18.2 Å². The van der Waals surface area contributed by atoms with Crippen molar-refractivity contribution in [3.63, 3.8) is 0 Å². The molecule has 0 spiro atoms. The summed E-state index contributed by atoms with van der Waals surface area (Å²) < 4.78 is 0. The van der Waals surface area contributed by atoms with Gasteiger partial charge in [-0.25, -0.2) is 12.1 Å². The van der Waals surface area contributed by atoms with Gasteiger partial charge in [0, 0.05) is 0 Å². The van der Waals surface area contributed by atoms with Crippen LogP contribution in [0.5, 0.6) is 0 Å². The summed E-state index contributed by atoms with van der Waals surface area (Å²) in [5, 5.41) is 13.6. The topological polar surface area (TPSA) is 42.3 Å². The van der Waals surface area contributed by atoms with Crippen LogP contribution in [0.2, 0.25) is 0 Å². The first-order valence-electron chi connectivity index (χ1n) is 12.0. The van der Waals surface area contributed by atoms with Crippen LogP contribution in [0, 0.1) is 0 Å². The maximum atomic E-state index is 4.54. The molecule has 0 saturated carbocycles. The van der Waals surface area contributed by atoms with Gasteiger partial charge in [0.1, 0.15) is 0 Å². The number of hydrogen-bond donors (Lipinski definition) is 0. The third-order valence-corrected chi connectivity index (χ3v) is 2.57. The molecule has 3 nitrogen and oxygen atoms in total. The zero-order valence-electron chi connectivity index (χ0n) is 25.7. The molecule has 0 aliphatic carbocycles. The van der Waals surface area contributed by atoms with Crippen LogP contribution in [0.4, 0.5) is 0 Å². The van der Waals surface area contributed by atoms with E-state index in [1.807, 2.05) is 30.3 Å². The van der Waals surface area contributed by atoms with Crippen LogP contribution in [-0.2, 0) is 26.2 Å². The van der Waals surface area contributed by atoms with Crippen LogP contribution in [0.15, 0.2) is 30.3 Å². The van der Waals surface area contributed by atoms with E-state index in [-0.39, 0.29) is 59.4 Å². The van der Waals surface area contributed by atoms with E-state index in [9.17, 15) is 0 Å². The minimum absolute atomic E-state index is 0. The molecule has 0 aliphatic rings. The van der Waals surface area contributed by atoms with Gasteiger partial charge in [0.2, 0.25) is 0 Å². The Labute approximate surface area is 229 Å². The fraction of sp³-hybridized carbons (Fsp3) is 0.828. The molecule has 0 radical (unpaired) electrons. The molecule has 0 N–H and O–H groups in total. The molecule has 33 heavy (non-hydrogen) atoms. The molecule has 0 heterocycles. The zero-order chi connectivity index (χ0) is 26.7. The van der Waals surface area contributed by atoms with Gasteiger partial charge in [-0.1, -0.05) is 125 Å². The van der Waals surface area contributed by atoms with Gasteiger partial charge in [-0.05, 0) is 0 Å². The Bertz CT molecular complexity index is 420. The average Bonchev–Trinajstić information content (AvgIpc) is 2.82. The smallest absolute Gasteiger partial charge is 0.653 e. The van der Waals surface area contributed by atoms with Gasteiger partial charge in [0.25, 0.3) is 0 Å². The first-order chi connectivity index (χ1) is 13.6. The molecule has 0 atom stereocenters. The predicted molar refractivity (Wildman–Crippen MR) is 151 cm³/mol. The van der Waals surface area contributed by atoms with Crippen molar-refractivity contribution in [1.29, 1.82) is 0 Å². The minimum atomic E-state index is 0. The summed E-state index contributed by atoms with van der Waals surface area (Å²) in [6, 6.07) is 10.0. The zero-order valence-corrected chi connectivity index (χ0v) is 28.2. The van der Waals surface area contributed by atoms with E-state index in [4.69, 9.17) is 0 Å². The summed E-state index contributed by atoms with van der Waals surface area (Å²) in [5.74, 6) is 0. The summed E-state index contributed by atoms with van der Waals surface area (Å²) >= 11 is 0. The standard InChI is InChI=1S/3C8H18N.C5H5.Zr/c3*1-7(2,3)9-8(4,5)6;1-2-4-5-3-1;/h3*1-6H3;1-5H;/q4*-1;+4. The average molecular weight is 541 g/mol. The van der Waals surface area contributed by atoms with Crippen LogP contribution in [0.1, 0.15) is 125 Å². The second kappa shape index (κ2) is 16.0. The van der Waals surface area contributed by atoms with E-state index in [0.29, 0.717) is 0 Å². The molecule has 194 valence electrons. The van der Waals surface area contributed by atoms with Crippen molar-refractivity contribution >= 4 is 0 Å². The largest absolute Gasteiger partial charge is 4.00 e. The molecule has 0 unspecified atom stereocenters. The van der Waals surface area contributed by atoms with Crippen molar-refractivity contribution in [2.24, 2.45) is 0 Å². The van der Waals surface area contributed by atoms with E-state index in [2.05, 4.69) is 141 Å². The SMILES string of the molecule is CC(C)(C)[N-]C(C)(C)C.CC(C)(C)[N-]C(C)(C)C.CC(C)(C)[N-]C(C)(C)C.[Zr+4].c1cc[cH-]c1. The predicted octanol–water partition coefficient (Wildman–Crippen LogP) is 10.3. The molecule has 4 heteroatoms. The Morgan fingerprint density at radius 1 is 0.364 bits per heavy atom. The summed E-state index contributed by atoms with van der Waals surface area (Å²) in [4.78, 5) is 0. The molecule has 0 saturated heterocycles. The third-order valence-electron chi connectivity index (χ3n) is 2.57. The van der Waals surface area contributed by atoms with E-state index >= 15 is 0 Å². The van der Waals surface area contributed by atoms with Crippen molar-refractivity contribution in [3.8, 4) is 0 Å². The molecule has 0 fully saturated rings. The number of rotatable bonds is 0. The van der Waals surface area contributed by atoms with E-state index in [0.717, 1.165) is 0 Å². The second-order valence-electron chi connectivity index (χ2n) is 14.3. The molecular formula is C29H59N3Zr.